The second-order valence-electron chi connectivity index (χ2n) is 5.56. The number of carbonyl (C=O) groups excluding carboxylic acids is 1. The van der Waals surface area contributed by atoms with Crippen LogP contribution in [0.2, 0.25) is 0 Å². The van der Waals surface area contributed by atoms with Crippen LogP contribution in [0.3, 0.4) is 0 Å². The van der Waals surface area contributed by atoms with Crippen LogP contribution in [0, 0.1) is 11.8 Å². The molecule has 19 heavy (non-hydrogen) atoms. The summed E-state index contributed by atoms with van der Waals surface area (Å²) in [6.45, 7) is 4.28. The monoisotopic (exact) mass is 261 g/mol. The van der Waals surface area contributed by atoms with Crippen LogP contribution >= 0.6 is 0 Å². The maximum atomic E-state index is 11.7. The number of fused-ring (bicyclic) bond motifs is 1. The van der Waals surface area contributed by atoms with Gasteiger partial charge < -0.3 is 15.1 Å². The summed E-state index contributed by atoms with van der Waals surface area (Å²) < 4.78 is 0. The minimum Gasteiger partial charge on any atom is -0.354 e. The van der Waals surface area contributed by atoms with E-state index in [1.807, 2.05) is 6.07 Å². The molecule has 0 spiro atoms. The van der Waals surface area contributed by atoms with Gasteiger partial charge in [0.1, 0.15) is 0 Å². The number of nitrogens with one attached hydrogen (secondary N) is 1. The Balaban J connectivity index is 1.71. The fourth-order valence-corrected chi connectivity index (χ4v) is 2.88. The molecule has 2 aliphatic heterocycles. The molecule has 0 aromatic carbocycles. The molecule has 2 saturated heterocycles. The van der Waals surface area contributed by atoms with Crippen molar-refractivity contribution in [3.05, 3.63) is 17.8 Å². The zero-order valence-electron chi connectivity index (χ0n) is 11.3. The highest BCUT2D eigenvalue weighted by molar-refractivity contribution is 5.91. The average Bonchev–Trinajstić information content (AvgIpc) is 2.98. The van der Waals surface area contributed by atoms with E-state index in [9.17, 15) is 4.79 Å². The number of carbonyl (C=O) groups is 1. The Kier molecular flexibility index (Phi) is 3.10. The molecule has 6 heteroatoms. The Hall–Kier alpha value is -1.69. The maximum Gasteiger partial charge on any atom is 0.273 e. The molecule has 3 rings (SSSR count). The van der Waals surface area contributed by atoms with Crippen LogP contribution in [-0.4, -0.2) is 61.3 Å². The number of anilines is 1. The maximum absolute atomic E-state index is 11.7. The van der Waals surface area contributed by atoms with Crippen molar-refractivity contribution in [2.45, 2.75) is 0 Å². The Labute approximate surface area is 112 Å². The predicted molar refractivity (Wildman–Crippen MR) is 72.1 cm³/mol. The minimum atomic E-state index is -0.110. The lowest BCUT2D eigenvalue weighted by molar-refractivity contribution is 0.0821. The first-order valence-electron chi connectivity index (χ1n) is 6.66. The van der Waals surface area contributed by atoms with Gasteiger partial charge in [0.2, 0.25) is 0 Å². The average molecular weight is 261 g/mol. The van der Waals surface area contributed by atoms with Gasteiger partial charge in [0.15, 0.2) is 11.5 Å². The fourth-order valence-electron chi connectivity index (χ4n) is 2.88. The van der Waals surface area contributed by atoms with Crippen LogP contribution < -0.4 is 10.2 Å². The topological polar surface area (TPSA) is 61.4 Å². The highest BCUT2D eigenvalue weighted by Gasteiger charge is 2.36. The molecule has 6 nitrogen and oxygen atoms in total. The van der Waals surface area contributed by atoms with Gasteiger partial charge in [-0.2, -0.15) is 0 Å². The second-order valence-corrected chi connectivity index (χ2v) is 5.56. The highest BCUT2D eigenvalue weighted by Crippen LogP contribution is 2.29. The molecule has 1 N–H and O–H groups in total. The van der Waals surface area contributed by atoms with Crippen molar-refractivity contribution in [1.82, 2.24) is 20.4 Å². The van der Waals surface area contributed by atoms with Crippen molar-refractivity contribution in [2.75, 3.05) is 45.2 Å². The van der Waals surface area contributed by atoms with Crippen LogP contribution in [0.4, 0.5) is 5.82 Å². The smallest absolute Gasteiger partial charge is 0.273 e. The molecule has 1 amide bonds. The Bertz CT molecular complexity index is 460. The van der Waals surface area contributed by atoms with E-state index in [0.717, 1.165) is 43.8 Å². The summed E-state index contributed by atoms with van der Waals surface area (Å²) in [5.74, 6) is 2.22. The molecule has 2 fully saturated rings. The molecule has 0 saturated carbocycles. The summed E-state index contributed by atoms with van der Waals surface area (Å²) >= 11 is 0. The van der Waals surface area contributed by atoms with Gasteiger partial charge in [0, 0.05) is 40.3 Å². The molecular formula is C13H19N5O. The molecule has 3 heterocycles. The van der Waals surface area contributed by atoms with Crippen molar-refractivity contribution in [3.8, 4) is 0 Å². The number of rotatable bonds is 2. The zero-order chi connectivity index (χ0) is 13.4. The van der Waals surface area contributed by atoms with Gasteiger partial charge in [-0.3, -0.25) is 4.79 Å². The number of aromatic nitrogens is 2. The summed E-state index contributed by atoms with van der Waals surface area (Å²) in [6.07, 6.45) is 0. The summed E-state index contributed by atoms with van der Waals surface area (Å²) in [5.41, 5.74) is 0.398. The van der Waals surface area contributed by atoms with E-state index in [1.54, 1.807) is 20.2 Å². The van der Waals surface area contributed by atoms with E-state index >= 15 is 0 Å². The first kappa shape index (κ1) is 12.3. The summed E-state index contributed by atoms with van der Waals surface area (Å²) in [5, 5.41) is 11.7. The minimum absolute atomic E-state index is 0.110. The Morgan fingerprint density at radius 2 is 1.95 bits per heavy atom. The molecule has 2 unspecified atom stereocenters. The lowest BCUT2D eigenvalue weighted by Crippen LogP contribution is -2.27. The SMILES string of the molecule is CN(C)C(=O)c1ccc(N2CC3CNCC3C2)nn1. The summed E-state index contributed by atoms with van der Waals surface area (Å²) in [6, 6.07) is 3.66. The van der Waals surface area contributed by atoms with Gasteiger partial charge in [-0.1, -0.05) is 0 Å². The summed E-state index contributed by atoms with van der Waals surface area (Å²) in [4.78, 5) is 15.5. The van der Waals surface area contributed by atoms with Crippen LogP contribution in [0.25, 0.3) is 0 Å². The third-order valence-corrected chi connectivity index (χ3v) is 3.99. The quantitative estimate of drug-likeness (QED) is 0.801. The third-order valence-electron chi connectivity index (χ3n) is 3.99. The van der Waals surface area contributed by atoms with E-state index in [4.69, 9.17) is 0 Å². The predicted octanol–water partition coefficient (Wildman–Crippen LogP) is -0.166. The number of hydrogen-bond donors (Lipinski definition) is 1. The van der Waals surface area contributed by atoms with Crippen molar-refractivity contribution >= 4 is 11.7 Å². The van der Waals surface area contributed by atoms with Crippen LogP contribution in [0.5, 0.6) is 0 Å². The van der Waals surface area contributed by atoms with E-state index in [1.165, 1.54) is 4.90 Å². The Morgan fingerprint density at radius 3 is 2.47 bits per heavy atom. The van der Waals surface area contributed by atoms with E-state index < -0.39 is 0 Å². The van der Waals surface area contributed by atoms with Gasteiger partial charge >= 0.3 is 0 Å². The lowest BCUT2D eigenvalue weighted by Gasteiger charge is -2.18. The zero-order valence-corrected chi connectivity index (χ0v) is 11.3. The summed E-state index contributed by atoms with van der Waals surface area (Å²) in [7, 11) is 3.43. The molecular weight excluding hydrogens is 242 g/mol. The molecule has 0 bridgehead atoms. The van der Waals surface area contributed by atoms with Crippen molar-refractivity contribution in [1.29, 1.82) is 0 Å². The molecule has 2 aliphatic rings. The molecule has 1 aromatic heterocycles. The van der Waals surface area contributed by atoms with Gasteiger partial charge in [-0.05, 0) is 24.0 Å². The van der Waals surface area contributed by atoms with Crippen LogP contribution in [-0.2, 0) is 0 Å². The Morgan fingerprint density at radius 1 is 1.26 bits per heavy atom. The van der Waals surface area contributed by atoms with Gasteiger partial charge in [0.05, 0.1) is 0 Å². The largest absolute Gasteiger partial charge is 0.354 e. The molecule has 2 atom stereocenters. The molecule has 0 aliphatic carbocycles. The first-order chi connectivity index (χ1) is 9.15. The number of amides is 1. The normalized spacial score (nSPS) is 25.5. The van der Waals surface area contributed by atoms with Crippen LogP contribution in [0.1, 0.15) is 10.5 Å². The van der Waals surface area contributed by atoms with E-state index in [-0.39, 0.29) is 5.91 Å². The van der Waals surface area contributed by atoms with Crippen molar-refractivity contribution in [2.24, 2.45) is 11.8 Å². The van der Waals surface area contributed by atoms with Crippen molar-refractivity contribution in [3.63, 3.8) is 0 Å². The number of hydrogen-bond acceptors (Lipinski definition) is 5. The highest BCUT2D eigenvalue weighted by atomic mass is 16.2. The number of nitrogens with zero attached hydrogens (tertiary/aromatic N) is 4. The van der Waals surface area contributed by atoms with Crippen molar-refractivity contribution < 1.29 is 4.79 Å². The molecule has 102 valence electrons. The second kappa shape index (κ2) is 4.77. The van der Waals surface area contributed by atoms with E-state index in [0.29, 0.717) is 5.69 Å². The third kappa shape index (κ3) is 2.28. The fraction of sp³-hybridized carbons (Fsp3) is 0.615. The van der Waals surface area contributed by atoms with Crippen LogP contribution in [0.15, 0.2) is 12.1 Å². The molecule has 1 aromatic rings. The van der Waals surface area contributed by atoms with Gasteiger partial charge in [-0.15, -0.1) is 10.2 Å². The van der Waals surface area contributed by atoms with E-state index in [2.05, 4.69) is 20.4 Å². The standard InChI is InChI=1S/C13H19N5O/c1-17(2)13(19)11-3-4-12(16-15-11)18-7-9-5-14-6-10(9)8-18/h3-4,9-10,14H,5-8H2,1-2H3. The van der Waals surface area contributed by atoms with Gasteiger partial charge in [0.25, 0.3) is 5.91 Å². The van der Waals surface area contributed by atoms with Gasteiger partial charge in [-0.25, -0.2) is 0 Å². The first-order valence-corrected chi connectivity index (χ1v) is 6.66. The lowest BCUT2D eigenvalue weighted by atomic mass is 10.0. The molecule has 0 radical (unpaired) electrons.